The summed E-state index contributed by atoms with van der Waals surface area (Å²) >= 11 is 6.09. The zero-order valence-electron chi connectivity index (χ0n) is 11.5. The van der Waals surface area contributed by atoms with Crippen molar-refractivity contribution in [2.75, 3.05) is 19.6 Å². The molecule has 1 atom stereocenters. The lowest BCUT2D eigenvalue weighted by Gasteiger charge is -2.31. The number of imidazole rings is 1. The molecule has 1 amide bonds. The standard InChI is InChI=1S/C14H17ClN4O/c1-8-5-11-12(6-10(8)15)18-13(17-11)14(20)19-4-3-16-9(2)7-19/h5-6,9,16H,3-4,7H2,1-2H3,(H,17,18). The molecule has 1 saturated heterocycles. The Labute approximate surface area is 122 Å². The van der Waals surface area contributed by atoms with Crippen LogP contribution in [0.1, 0.15) is 23.1 Å². The quantitative estimate of drug-likeness (QED) is 0.845. The molecule has 3 rings (SSSR count). The summed E-state index contributed by atoms with van der Waals surface area (Å²) in [6.07, 6.45) is 0. The molecule has 5 nitrogen and oxygen atoms in total. The molecule has 1 aromatic heterocycles. The van der Waals surface area contributed by atoms with Gasteiger partial charge in [0.15, 0.2) is 5.82 Å². The Morgan fingerprint density at radius 2 is 2.30 bits per heavy atom. The number of hydrogen-bond donors (Lipinski definition) is 2. The molecule has 1 fully saturated rings. The number of aryl methyl sites for hydroxylation is 1. The lowest BCUT2D eigenvalue weighted by Crippen LogP contribution is -2.51. The third kappa shape index (κ3) is 2.39. The van der Waals surface area contributed by atoms with Crippen molar-refractivity contribution in [2.24, 2.45) is 0 Å². The van der Waals surface area contributed by atoms with E-state index in [9.17, 15) is 4.79 Å². The normalized spacial score (nSPS) is 19.6. The number of rotatable bonds is 1. The van der Waals surface area contributed by atoms with Gasteiger partial charge in [0.1, 0.15) is 0 Å². The summed E-state index contributed by atoms with van der Waals surface area (Å²) in [7, 11) is 0. The van der Waals surface area contributed by atoms with Crippen molar-refractivity contribution in [3.8, 4) is 0 Å². The van der Waals surface area contributed by atoms with E-state index in [0.717, 1.165) is 23.1 Å². The average Bonchev–Trinajstić information content (AvgIpc) is 2.81. The summed E-state index contributed by atoms with van der Waals surface area (Å²) in [5.41, 5.74) is 2.54. The molecule has 1 aliphatic rings. The largest absolute Gasteiger partial charge is 0.334 e. The number of benzene rings is 1. The second kappa shape index (κ2) is 5.07. The minimum atomic E-state index is -0.0525. The van der Waals surface area contributed by atoms with Gasteiger partial charge in [0, 0.05) is 30.7 Å². The molecule has 1 unspecified atom stereocenters. The zero-order valence-corrected chi connectivity index (χ0v) is 12.3. The molecule has 2 aromatic rings. The van der Waals surface area contributed by atoms with Crippen molar-refractivity contribution in [3.05, 3.63) is 28.5 Å². The Morgan fingerprint density at radius 1 is 1.50 bits per heavy atom. The van der Waals surface area contributed by atoms with Gasteiger partial charge < -0.3 is 15.2 Å². The highest BCUT2D eigenvalue weighted by Gasteiger charge is 2.24. The van der Waals surface area contributed by atoms with E-state index in [-0.39, 0.29) is 5.91 Å². The zero-order chi connectivity index (χ0) is 14.3. The van der Waals surface area contributed by atoms with E-state index >= 15 is 0 Å². The predicted molar refractivity (Wildman–Crippen MR) is 79.2 cm³/mol. The number of nitrogens with one attached hydrogen (secondary N) is 2. The first-order chi connectivity index (χ1) is 9.54. The van der Waals surface area contributed by atoms with Crippen molar-refractivity contribution in [3.63, 3.8) is 0 Å². The minimum absolute atomic E-state index is 0.0525. The Bertz CT molecular complexity index is 627. The minimum Gasteiger partial charge on any atom is -0.334 e. The first kappa shape index (κ1) is 13.4. The monoisotopic (exact) mass is 292 g/mol. The van der Waals surface area contributed by atoms with Gasteiger partial charge in [0.2, 0.25) is 0 Å². The van der Waals surface area contributed by atoms with E-state index in [2.05, 4.69) is 22.2 Å². The number of nitrogens with zero attached hydrogens (tertiary/aromatic N) is 2. The summed E-state index contributed by atoms with van der Waals surface area (Å²) < 4.78 is 0. The molecule has 106 valence electrons. The van der Waals surface area contributed by atoms with E-state index < -0.39 is 0 Å². The van der Waals surface area contributed by atoms with E-state index in [1.165, 1.54) is 0 Å². The number of H-pyrrole nitrogens is 1. The lowest BCUT2D eigenvalue weighted by atomic mass is 10.2. The molecule has 1 aliphatic heterocycles. The number of carbonyl (C=O) groups is 1. The smallest absolute Gasteiger partial charge is 0.289 e. The highest BCUT2D eigenvalue weighted by molar-refractivity contribution is 6.32. The van der Waals surface area contributed by atoms with Crippen molar-refractivity contribution in [2.45, 2.75) is 19.9 Å². The molecule has 0 radical (unpaired) electrons. The van der Waals surface area contributed by atoms with Crippen LogP contribution >= 0.6 is 11.6 Å². The van der Waals surface area contributed by atoms with Gasteiger partial charge in [-0.05, 0) is 31.5 Å². The van der Waals surface area contributed by atoms with E-state index in [1.54, 1.807) is 6.07 Å². The maximum Gasteiger partial charge on any atom is 0.289 e. The molecule has 1 aromatic carbocycles. The van der Waals surface area contributed by atoms with Gasteiger partial charge in [-0.15, -0.1) is 0 Å². The van der Waals surface area contributed by atoms with Crippen LogP contribution in [-0.2, 0) is 0 Å². The molecule has 0 saturated carbocycles. The second-order valence-electron chi connectivity index (χ2n) is 5.31. The first-order valence-electron chi connectivity index (χ1n) is 6.73. The molecular weight excluding hydrogens is 276 g/mol. The van der Waals surface area contributed by atoms with Crippen molar-refractivity contribution >= 4 is 28.5 Å². The van der Waals surface area contributed by atoms with Crippen LogP contribution in [-0.4, -0.2) is 46.5 Å². The van der Waals surface area contributed by atoms with Crippen LogP contribution in [0.5, 0.6) is 0 Å². The highest BCUT2D eigenvalue weighted by atomic mass is 35.5. The van der Waals surface area contributed by atoms with Crippen LogP contribution in [0, 0.1) is 6.92 Å². The molecule has 20 heavy (non-hydrogen) atoms. The number of piperazine rings is 1. The van der Waals surface area contributed by atoms with Crippen molar-refractivity contribution in [1.82, 2.24) is 20.2 Å². The van der Waals surface area contributed by atoms with Crippen molar-refractivity contribution in [1.29, 1.82) is 0 Å². The van der Waals surface area contributed by atoms with Crippen LogP contribution in [0.4, 0.5) is 0 Å². The first-order valence-corrected chi connectivity index (χ1v) is 7.11. The lowest BCUT2D eigenvalue weighted by molar-refractivity contribution is 0.0698. The van der Waals surface area contributed by atoms with Gasteiger partial charge in [-0.2, -0.15) is 0 Å². The number of halogens is 1. The number of aromatic nitrogens is 2. The van der Waals surface area contributed by atoms with Crippen LogP contribution in [0.15, 0.2) is 12.1 Å². The third-order valence-electron chi connectivity index (χ3n) is 3.62. The topological polar surface area (TPSA) is 61.0 Å². The number of aromatic amines is 1. The predicted octanol–water partition coefficient (Wildman–Crippen LogP) is 1.96. The fourth-order valence-corrected chi connectivity index (χ4v) is 2.67. The fourth-order valence-electron chi connectivity index (χ4n) is 2.51. The average molecular weight is 293 g/mol. The molecule has 0 spiro atoms. The number of carbonyl (C=O) groups excluding carboxylic acids is 1. The van der Waals surface area contributed by atoms with Crippen LogP contribution < -0.4 is 5.32 Å². The second-order valence-corrected chi connectivity index (χ2v) is 5.72. The summed E-state index contributed by atoms with van der Waals surface area (Å²) in [6.45, 7) is 6.23. The number of amides is 1. The number of fused-ring (bicyclic) bond motifs is 1. The van der Waals surface area contributed by atoms with E-state index in [0.29, 0.717) is 30.0 Å². The highest BCUT2D eigenvalue weighted by Crippen LogP contribution is 2.22. The van der Waals surface area contributed by atoms with E-state index in [1.807, 2.05) is 17.9 Å². The van der Waals surface area contributed by atoms with Crippen molar-refractivity contribution < 1.29 is 4.79 Å². The Hall–Kier alpha value is -1.59. The fraction of sp³-hybridized carbons (Fsp3) is 0.429. The van der Waals surface area contributed by atoms with Gasteiger partial charge in [-0.25, -0.2) is 4.98 Å². The van der Waals surface area contributed by atoms with Crippen LogP contribution in [0.2, 0.25) is 5.02 Å². The van der Waals surface area contributed by atoms with Crippen LogP contribution in [0.25, 0.3) is 11.0 Å². The summed E-state index contributed by atoms with van der Waals surface area (Å²) in [6, 6.07) is 4.02. The summed E-state index contributed by atoms with van der Waals surface area (Å²) in [5.74, 6) is 0.332. The van der Waals surface area contributed by atoms with Gasteiger partial charge in [-0.3, -0.25) is 4.79 Å². The van der Waals surface area contributed by atoms with E-state index in [4.69, 9.17) is 11.6 Å². The summed E-state index contributed by atoms with van der Waals surface area (Å²) in [4.78, 5) is 21.7. The maximum absolute atomic E-state index is 12.5. The SMILES string of the molecule is Cc1cc2[nH]c(C(=O)N3CCNC(C)C3)nc2cc1Cl. The van der Waals surface area contributed by atoms with Gasteiger partial charge in [0.05, 0.1) is 11.0 Å². The summed E-state index contributed by atoms with van der Waals surface area (Å²) in [5, 5.41) is 3.98. The third-order valence-corrected chi connectivity index (χ3v) is 4.03. The van der Waals surface area contributed by atoms with Gasteiger partial charge >= 0.3 is 0 Å². The molecular formula is C14H17ClN4O. The van der Waals surface area contributed by atoms with Gasteiger partial charge in [-0.1, -0.05) is 11.6 Å². The molecule has 2 heterocycles. The van der Waals surface area contributed by atoms with Crippen LogP contribution in [0.3, 0.4) is 0 Å². The van der Waals surface area contributed by atoms with Gasteiger partial charge in [0.25, 0.3) is 5.91 Å². The number of hydrogen-bond acceptors (Lipinski definition) is 3. The molecule has 2 N–H and O–H groups in total. The Balaban J connectivity index is 1.91. The maximum atomic E-state index is 12.5. The molecule has 0 aliphatic carbocycles. The Kier molecular flexibility index (Phi) is 3.40. The molecule has 0 bridgehead atoms. The molecule has 6 heteroatoms. The Morgan fingerprint density at radius 3 is 3.05 bits per heavy atom.